The Morgan fingerprint density at radius 3 is 2.52 bits per heavy atom. The van der Waals surface area contributed by atoms with Crippen molar-refractivity contribution in [3.05, 3.63) is 54.1 Å². The fourth-order valence-electron chi connectivity index (χ4n) is 4.28. The highest BCUT2D eigenvalue weighted by molar-refractivity contribution is 5.95. The Kier molecular flexibility index (Phi) is 8.83. The van der Waals surface area contributed by atoms with E-state index in [1.165, 1.54) is 0 Å². The Hall–Kier alpha value is -3.39. The number of amides is 3. The number of rotatable bonds is 11. The number of carbonyl (C=O) groups excluding carboxylic acids is 3. The fourth-order valence-corrected chi connectivity index (χ4v) is 4.28. The molecule has 0 spiro atoms. The molecule has 0 unspecified atom stereocenters. The first kappa shape index (κ1) is 24.3. The lowest BCUT2D eigenvalue weighted by atomic mass is 9.92. The molecule has 1 aliphatic carbocycles. The Labute approximate surface area is 193 Å². The van der Waals surface area contributed by atoms with Crippen molar-refractivity contribution in [1.29, 1.82) is 0 Å². The van der Waals surface area contributed by atoms with Gasteiger partial charge in [0.2, 0.25) is 12.3 Å². The molecule has 0 radical (unpaired) electrons. The molecule has 1 saturated carbocycles. The molecular formula is C25H31N3O5. The molecule has 3 N–H and O–H groups in total. The molecule has 0 saturated heterocycles. The van der Waals surface area contributed by atoms with Gasteiger partial charge in [0, 0.05) is 5.56 Å². The van der Waals surface area contributed by atoms with E-state index in [0.29, 0.717) is 29.4 Å². The summed E-state index contributed by atoms with van der Waals surface area (Å²) in [4.78, 5) is 36.1. The van der Waals surface area contributed by atoms with Gasteiger partial charge in [-0.1, -0.05) is 49.9 Å². The number of methoxy groups -OCH3 is 1. The minimum absolute atomic E-state index is 0.0469. The summed E-state index contributed by atoms with van der Waals surface area (Å²) in [5.41, 5.74) is 2.27. The minimum atomic E-state index is -0.531. The predicted octanol–water partition coefficient (Wildman–Crippen LogP) is 3.21. The molecule has 0 aromatic heterocycles. The van der Waals surface area contributed by atoms with Crippen molar-refractivity contribution in [2.75, 3.05) is 20.3 Å². The van der Waals surface area contributed by atoms with Crippen LogP contribution in [0.25, 0.3) is 11.1 Å². The molecule has 1 atom stereocenters. The van der Waals surface area contributed by atoms with Crippen LogP contribution in [-0.2, 0) is 9.59 Å². The van der Waals surface area contributed by atoms with Crippen LogP contribution >= 0.6 is 0 Å². The lowest BCUT2D eigenvalue weighted by Crippen LogP contribution is -2.43. The molecule has 0 aliphatic heterocycles. The van der Waals surface area contributed by atoms with Crippen LogP contribution in [0.4, 0.5) is 0 Å². The number of nitrogens with one attached hydrogen (secondary N) is 2. The van der Waals surface area contributed by atoms with E-state index in [-0.39, 0.29) is 25.0 Å². The fraction of sp³-hybridized carbons (Fsp3) is 0.400. The molecule has 3 amide bonds. The maximum atomic E-state index is 12.7. The quantitative estimate of drug-likeness (QED) is 0.210. The van der Waals surface area contributed by atoms with Crippen LogP contribution in [0.2, 0.25) is 0 Å². The van der Waals surface area contributed by atoms with E-state index in [9.17, 15) is 19.6 Å². The molecule has 8 nitrogen and oxygen atoms in total. The summed E-state index contributed by atoms with van der Waals surface area (Å²) in [6.07, 6.45) is 5.29. The molecule has 176 valence electrons. The van der Waals surface area contributed by atoms with Gasteiger partial charge < -0.3 is 15.4 Å². The average Bonchev–Trinajstić information content (AvgIpc) is 3.36. The SMILES string of the molecule is COc1cccc(-c2cccc(C(=O)NCNC(=O)[C@H](CC3CCCC3)CN(O)C=O)c2)c1. The number of carbonyl (C=O) groups is 3. The van der Waals surface area contributed by atoms with Gasteiger partial charge in [-0.25, -0.2) is 5.06 Å². The third-order valence-corrected chi connectivity index (χ3v) is 6.03. The average molecular weight is 454 g/mol. The van der Waals surface area contributed by atoms with Crippen molar-refractivity contribution in [3.63, 3.8) is 0 Å². The molecule has 2 aromatic rings. The van der Waals surface area contributed by atoms with Crippen LogP contribution in [0, 0.1) is 11.8 Å². The summed E-state index contributed by atoms with van der Waals surface area (Å²) in [5.74, 6) is -0.00289. The Morgan fingerprint density at radius 1 is 1.12 bits per heavy atom. The van der Waals surface area contributed by atoms with Gasteiger partial charge >= 0.3 is 0 Å². The van der Waals surface area contributed by atoms with Crippen molar-refractivity contribution in [3.8, 4) is 16.9 Å². The van der Waals surface area contributed by atoms with Crippen LogP contribution < -0.4 is 15.4 Å². The van der Waals surface area contributed by atoms with E-state index in [4.69, 9.17) is 4.74 Å². The van der Waals surface area contributed by atoms with E-state index >= 15 is 0 Å². The monoisotopic (exact) mass is 453 g/mol. The molecule has 1 aliphatic rings. The number of hydrogen-bond donors (Lipinski definition) is 3. The molecule has 33 heavy (non-hydrogen) atoms. The molecule has 0 bridgehead atoms. The first-order chi connectivity index (χ1) is 16.0. The summed E-state index contributed by atoms with van der Waals surface area (Å²) in [6.45, 7) is -0.114. The Morgan fingerprint density at radius 2 is 1.82 bits per heavy atom. The zero-order valence-electron chi connectivity index (χ0n) is 18.8. The van der Waals surface area contributed by atoms with Crippen LogP contribution in [0.5, 0.6) is 5.75 Å². The van der Waals surface area contributed by atoms with Crippen molar-refractivity contribution in [2.24, 2.45) is 11.8 Å². The molecule has 1 fully saturated rings. The van der Waals surface area contributed by atoms with Crippen LogP contribution in [0.1, 0.15) is 42.5 Å². The third kappa shape index (κ3) is 7.05. The maximum Gasteiger partial charge on any atom is 0.252 e. The van der Waals surface area contributed by atoms with E-state index in [0.717, 1.165) is 42.6 Å². The zero-order chi connectivity index (χ0) is 23.6. The lowest BCUT2D eigenvalue weighted by Gasteiger charge is -2.22. The lowest BCUT2D eigenvalue weighted by molar-refractivity contribution is -0.155. The summed E-state index contributed by atoms with van der Waals surface area (Å²) in [6, 6.07) is 14.8. The second-order valence-corrected chi connectivity index (χ2v) is 8.35. The van der Waals surface area contributed by atoms with Gasteiger partial charge in [0.15, 0.2) is 0 Å². The molecule has 2 aromatic carbocycles. The van der Waals surface area contributed by atoms with Crippen molar-refractivity contribution >= 4 is 18.2 Å². The topological polar surface area (TPSA) is 108 Å². The summed E-state index contributed by atoms with van der Waals surface area (Å²) < 4.78 is 5.26. The molecular weight excluding hydrogens is 422 g/mol. The van der Waals surface area contributed by atoms with Gasteiger partial charge in [0.25, 0.3) is 5.91 Å². The van der Waals surface area contributed by atoms with Crippen molar-refractivity contribution in [2.45, 2.75) is 32.1 Å². The molecule has 8 heteroatoms. The van der Waals surface area contributed by atoms with Crippen LogP contribution in [-0.4, -0.2) is 48.8 Å². The standard InChI is InChI=1S/C25H31N3O5/c1-33-23-11-5-9-20(14-23)19-8-4-10-21(13-19)24(30)26-16-27-25(31)22(15-28(32)17-29)12-18-6-2-3-7-18/h4-5,8-11,13-14,17-18,22,32H,2-3,6-7,12,15-16H2,1H3,(H,26,30)(H,27,31)/t22-/m1/s1. The van der Waals surface area contributed by atoms with E-state index in [2.05, 4.69) is 10.6 Å². The number of hydrogen-bond acceptors (Lipinski definition) is 5. The largest absolute Gasteiger partial charge is 0.497 e. The summed E-state index contributed by atoms with van der Waals surface area (Å²) >= 11 is 0. The second kappa shape index (κ2) is 12.0. The van der Waals surface area contributed by atoms with Gasteiger partial charge in [0.05, 0.1) is 26.2 Å². The molecule has 0 heterocycles. The Balaban J connectivity index is 1.56. The normalized spacial score (nSPS) is 14.4. The van der Waals surface area contributed by atoms with Gasteiger partial charge in [-0.05, 0) is 47.7 Å². The number of benzene rings is 2. The highest BCUT2D eigenvalue weighted by Gasteiger charge is 2.26. The Bertz CT molecular complexity index is 959. The van der Waals surface area contributed by atoms with Crippen molar-refractivity contribution in [1.82, 2.24) is 15.7 Å². The number of ether oxygens (including phenoxy) is 1. The van der Waals surface area contributed by atoms with E-state index in [1.807, 2.05) is 30.3 Å². The summed E-state index contributed by atoms with van der Waals surface area (Å²) in [7, 11) is 1.60. The van der Waals surface area contributed by atoms with Crippen LogP contribution in [0.15, 0.2) is 48.5 Å². The van der Waals surface area contributed by atoms with Gasteiger partial charge in [-0.3, -0.25) is 19.6 Å². The number of nitrogens with zero attached hydrogens (tertiary/aromatic N) is 1. The zero-order valence-corrected chi connectivity index (χ0v) is 18.8. The summed E-state index contributed by atoms with van der Waals surface area (Å²) in [5, 5.41) is 15.5. The second-order valence-electron chi connectivity index (χ2n) is 8.35. The smallest absolute Gasteiger partial charge is 0.252 e. The van der Waals surface area contributed by atoms with Crippen molar-refractivity contribution < 1.29 is 24.3 Å². The highest BCUT2D eigenvalue weighted by atomic mass is 16.5. The number of hydroxylamine groups is 2. The minimum Gasteiger partial charge on any atom is -0.497 e. The van der Waals surface area contributed by atoms with Gasteiger partial charge in [-0.15, -0.1) is 0 Å². The third-order valence-electron chi connectivity index (χ3n) is 6.03. The highest BCUT2D eigenvalue weighted by Crippen LogP contribution is 2.30. The van der Waals surface area contributed by atoms with Gasteiger partial charge in [0.1, 0.15) is 5.75 Å². The first-order valence-corrected chi connectivity index (χ1v) is 11.2. The maximum absolute atomic E-state index is 12.7. The van der Waals surface area contributed by atoms with E-state index < -0.39 is 5.92 Å². The van der Waals surface area contributed by atoms with Crippen LogP contribution in [0.3, 0.4) is 0 Å². The first-order valence-electron chi connectivity index (χ1n) is 11.2. The molecule has 3 rings (SSSR count). The predicted molar refractivity (Wildman–Crippen MR) is 124 cm³/mol. The van der Waals surface area contributed by atoms with Gasteiger partial charge in [-0.2, -0.15) is 0 Å². The van der Waals surface area contributed by atoms with E-state index in [1.54, 1.807) is 25.3 Å².